The van der Waals surface area contributed by atoms with Gasteiger partial charge in [0.25, 0.3) is 5.91 Å². The smallest absolute Gasteiger partial charge is 0.376 e. The highest BCUT2D eigenvalue weighted by Gasteiger charge is 2.50. The second-order valence-corrected chi connectivity index (χ2v) is 31.8. The molecule has 10 rings (SSSR count). The maximum absolute atomic E-state index is 13.1. The molecular formula is C59H78B29Cl6N6O7. The van der Waals surface area contributed by atoms with E-state index in [4.69, 9.17) is 192 Å². The van der Waals surface area contributed by atoms with Gasteiger partial charge >= 0.3 is 14.1 Å². The molecule has 29 radical (unpaired) electrons. The van der Waals surface area contributed by atoms with Crippen LogP contribution in [0, 0.1) is 23.7 Å². The van der Waals surface area contributed by atoms with Gasteiger partial charge in [0.15, 0.2) is 0 Å². The Hall–Kier alpha value is -1.50. The summed E-state index contributed by atoms with van der Waals surface area (Å²) in [6.07, 6.45) is -2.66. The second-order valence-electron chi connectivity index (χ2n) is 29.3. The summed E-state index contributed by atoms with van der Waals surface area (Å²) in [6.45, 7) is 21.1. The summed E-state index contributed by atoms with van der Waals surface area (Å²) in [5, 5.41) is 35.7. The third-order valence-electron chi connectivity index (χ3n) is 21.1. The van der Waals surface area contributed by atoms with Gasteiger partial charge in [0.1, 0.15) is 35.6 Å². The number of carbonyl (C=O) groups excluding carboxylic acids is 1. The number of pyridine rings is 1. The van der Waals surface area contributed by atoms with E-state index in [0.29, 0.717) is 59.8 Å². The van der Waals surface area contributed by atoms with Crippen molar-refractivity contribution in [3.05, 3.63) is 127 Å². The highest BCUT2D eigenvalue weighted by molar-refractivity contribution is 8.25. The third-order valence-corrected chi connectivity index (χ3v) is 23.4. The van der Waals surface area contributed by atoms with Crippen LogP contribution < -0.4 is 19.5 Å². The highest BCUT2D eigenvalue weighted by Crippen LogP contribution is 2.34. The van der Waals surface area contributed by atoms with Crippen LogP contribution in [0.1, 0.15) is 76.6 Å². The topological polar surface area (TPSA) is 143 Å². The number of piperidine rings is 5. The van der Waals surface area contributed by atoms with Gasteiger partial charge in [0.2, 0.25) is 0 Å². The zero-order valence-corrected chi connectivity index (χ0v) is 66.9. The average Bonchev–Trinajstić information content (AvgIpc) is 0.774. The Labute approximate surface area is 694 Å². The summed E-state index contributed by atoms with van der Waals surface area (Å²) in [4.78, 5) is 26.1. The summed E-state index contributed by atoms with van der Waals surface area (Å²) >= 11 is 35.8. The number of benzene rings is 4. The van der Waals surface area contributed by atoms with Crippen LogP contribution in [-0.4, -0.2) is 347 Å². The minimum absolute atomic E-state index is 0.117. The Morgan fingerprint density at radius 1 is 0.505 bits per heavy atom. The number of amides is 1. The molecule has 0 aliphatic carbocycles. The quantitative estimate of drug-likeness (QED) is 0.0755. The number of likely N-dealkylation sites (tertiary alicyclic amines) is 2. The fourth-order valence-corrected chi connectivity index (χ4v) is 15.8. The van der Waals surface area contributed by atoms with Crippen molar-refractivity contribution in [3.8, 4) is 17.2 Å². The Kier molecular flexibility index (Phi) is 40.8. The Morgan fingerprint density at radius 3 is 1.35 bits per heavy atom. The lowest BCUT2D eigenvalue weighted by atomic mass is 8.33. The summed E-state index contributed by atoms with van der Waals surface area (Å²) in [6, 6.07) is 26.4. The van der Waals surface area contributed by atoms with Crippen molar-refractivity contribution < 1.29 is 34.2 Å². The molecule has 5 aromatic rings. The highest BCUT2D eigenvalue weighted by atomic mass is 35.5. The Balaban J connectivity index is 0.000000220. The van der Waals surface area contributed by atoms with Crippen molar-refractivity contribution in [1.29, 1.82) is 0 Å². The van der Waals surface area contributed by atoms with Crippen LogP contribution in [0.4, 0.5) is 0 Å². The number of nitrogens with zero attached hydrogens (tertiary/aromatic N) is 5. The van der Waals surface area contributed by atoms with E-state index in [2.05, 4.69) is 40.8 Å². The van der Waals surface area contributed by atoms with E-state index >= 15 is 0 Å². The largest absolute Gasteiger partial charge is 0.490 e. The normalized spacial score (nSPS) is 21.0. The van der Waals surface area contributed by atoms with Crippen LogP contribution in [-0.2, 0) is 0 Å². The molecule has 4 N–H and O–H groups in total. The first kappa shape index (κ1) is 94.4. The van der Waals surface area contributed by atoms with Crippen LogP contribution in [0.5, 0.6) is 17.2 Å². The standard InChI is InChI=1S/C27H29Cl2N3O2.C13H18BCl2NO2.C12H15Cl2NO.C7H16BNO2.B27/c1-18-17-32(14-10-26(18)34-22-5-6-23(28)24(29)16-22)21-8-12-31(13-9-21)27(33)20-4-7-25-19(15-20)3-2-11-30-25;1-9-8-17(14(2)18)6-5-13(9)19-10-3-4-11(15)12(16)7-10;1-8-7-15-5-4-12(8)16-9-2-3-10(13)11(14)6-9;1-6-5-9(8(2)11)4-3-7(6)10;1-15-22(14)26(23(16(2)3)17(4)5)27(24(18(6)7)19(8)9)25(20(10)11)21(12)13/h2-7,11,15-16,18,21,26H,8-10,12-14,17H2,1H3;3-4,7,9,13,18H,5-6,8H2,1-2H3;2-3,6,8,12,15H,4-5,7H2,1H3;6-7,10-11H,3-5H2,1-2H3;/t18-,26+;;;;/m0..../s1. The van der Waals surface area contributed by atoms with Crippen LogP contribution in [0.25, 0.3) is 10.9 Å². The fourth-order valence-electron chi connectivity index (χ4n) is 15.0. The number of carbonyl (C=O) groups is 1. The van der Waals surface area contributed by atoms with E-state index in [1.54, 1.807) is 56.2 Å². The van der Waals surface area contributed by atoms with E-state index in [0.717, 1.165) is 138 Å². The van der Waals surface area contributed by atoms with Gasteiger partial charge in [0.05, 0.1) is 41.8 Å². The van der Waals surface area contributed by atoms with Gasteiger partial charge in [-0.05, 0) is 151 Å². The molecule has 8 atom stereocenters. The molecule has 1 amide bonds. The molecule has 0 bridgehead atoms. The van der Waals surface area contributed by atoms with Crippen LogP contribution in [0.15, 0.2) is 91.1 Å². The molecule has 1 aromatic heterocycles. The molecule has 5 aliphatic rings. The lowest BCUT2D eigenvalue weighted by Crippen LogP contribution is -2.86. The number of hydrogen-bond acceptors (Lipinski definition) is 12. The van der Waals surface area contributed by atoms with Crippen molar-refractivity contribution in [2.24, 2.45) is 23.7 Å². The van der Waals surface area contributed by atoms with Crippen molar-refractivity contribution in [3.63, 3.8) is 0 Å². The van der Waals surface area contributed by atoms with E-state index in [-0.39, 0.29) is 37.4 Å². The maximum Gasteiger partial charge on any atom is 0.376 e. The molecule has 5 aliphatic heterocycles. The minimum atomic E-state index is -0.994. The number of aromatic nitrogens is 1. The first-order valence-corrected chi connectivity index (χ1v) is 39.1. The van der Waals surface area contributed by atoms with Crippen LogP contribution >= 0.6 is 69.6 Å². The lowest BCUT2D eigenvalue weighted by molar-refractivity contribution is 0.0147. The lowest BCUT2D eigenvalue weighted by Gasteiger charge is -2.48. The zero-order chi connectivity index (χ0) is 79.3. The molecule has 4 aromatic carbocycles. The molecule has 5 fully saturated rings. The van der Waals surface area contributed by atoms with Crippen LogP contribution in [0.2, 0.25) is 43.8 Å². The number of aliphatic hydroxyl groups is 1. The van der Waals surface area contributed by atoms with E-state index in [9.17, 15) is 19.9 Å². The van der Waals surface area contributed by atoms with Gasteiger partial charge in [-0.25, -0.2) is 0 Å². The minimum Gasteiger partial charge on any atom is -0.490 e. The first-order chi connectivity index (χ1) is 50.5. The van der Waals surface area contributed by atoms with Gasteiger partial charge in [-0.15, -0.1) is 0 Å². The monoisotopic (exact) mass is 1510 g/mol. The molecule has 0 spiro atoms. The molecule has 0 saturated carbocycles. The molecule has 6 heterocycles. The van der Waals surface area contributed by atoms with Crippen molar-refractivity contribution >= 4 is 293 Å². The van der Waals surface area contributed by atoms with E-state index in [1.807, 2.05) is 65.2 Å². The van der Waals surface area contributed by atoms with Crippen molar-refractivity contribution in [1.82, 2.24) is 29.7 Å². The van der Waals surface area contributed by atoms with Crippen molar-refractivity contribution in [2.45, 2.75) is 110 Å². The molecule has 5 saturated heterocycles. The molecule has 48 heteroatoms. The van der Waals surface area contributed by atoms with Gasteiger partial charge in [0, 0.05) is 284 Å². The fraction of sp³-hybridized carbons (Fsp3) is 0.525. The summed E-state index contributed by atoms with van der Waals surface area (Å²) in [5.74, 6) is 4.01. The molecule has 13 nitrogen and oxygen atoms in total. The Bertz CT molecular complexity index is 3460. The number of fused-ring (bicyclic) bond motifs is 1. The van der Waals surface area contributed by atoms with Gasteiger partial charge in [-0.1, -0.05) is 103 Å². The number of ether oxygens (including phenoxy) is 3. The number of nitrogens with one attached hydrogen (secondary N) is 1. The molecule has 515 valence electrons. The van der Waals surface area contributed by atoms with Crippen LogP contribution in [0.3, 0.4) is 0 Å². The van der Waals surface area contributed by atoms with Gasteiger partial charge in [-0.3, -0.25) is 14.7 Å². The molecule has 6 unspecified atom stereocenters. The SMILES string of the molecule is CB(O)N1CCC(O)C(C)C1.CB(O)N1CCC(Oc2ccc(Cl)c(Cl)c2)C(C)C1.CC1CNCCC1Oc1ccc(Cl)c(Cl)c1.C[C@H]1CN(C2CCN(C(=O)c3ccc4ncccc4c3)CC2)CC[C@H]1Oc1ccc(Cl)c(Cl)c1.[B][B]B([B])B(B(B([B])[B])B([B])[B])B(B(B([B])[B])B([B])[B])B(B([B])[B])B([B])[B]. The third kappa shape index (κ3) is 28.7. The first-order valence-electron chi connectivity index (χ1n) is 36.9. The van der Waals surface area contributed by atoms with Crippen molar-refractivity contribution in [2.75, 3.05) is 65.4 Å². The van der Waals surface area contributed by atoms with E-state index < -0.39 is 83.7 Å². The number of hydrogen-bond donors (Lipinski definition) is 4. The summed E-state index contributed by atoms with van der Waals surface area (Å²) in [7, 11) is 83.8. The molecule has 107 heavy (non-hydrogen) atoms. The summed E-state index contributed by atoms with van der Waals surface area (Å²) < 4.78 is 18.1. The summed E-state index contributed by atoms with van der Waals surface area (Å²) in [5.41, 5.74) is 1.66. The van der Waals surface area contributed by atoms with Gasteiger partial charge in [-0.2, -0.15) is 0 Å². The van der Waals surface area contributed by atoms with E-state index in [1.165, 1.54) is 7.06 Å². The average molecular weight is 1510 g/mol. The Morgan fingerprint density at radius 2 is 0.935 bits per heavy atom. The second kappa shape index (κ2) is 46.3. The maximum atomic E-state index is 13.1. The number of halogens is 6. The number of rotatable bonds is 22. The predicted molar refractivity (Wildman–Crippen MR) is 485 cm³/mol. The zero-order valence-electron chi connectivity index (χ0n) is 62.4. The van der Waals surface area contributed by atoms with Gasteiger partial charge < -0.3 is 49.2 Å². The number of aliphatic hydroxyl groups excluding tert-OH is 1. The predicted octanol–water partition coefficient (Wildman–Crippen LogP) is 2.02. The molecular weight excluding hydrogens is 1430 g/mol.